The fourth-order valence-corrected chi connectivity index (χ4v) is 2.79. The van der Waals surface area contributed by atoms with Crippen molar-refractivity contribution in [2.75, 3.05) is 27.7 Å². The van der Waals surface area contributed by atoms with Crippen molar-refractivity contribution in [1.82, 2.24) is 10.2 Å². The van der Waals surface area contributed by atoms with Gasteiger partial charge in [-0.1, -0.05) is 23.7 Å². The maximum atomic E-state index is 12.4. The number of carbonyl (C=O) groups is 1. The molecule has 1 N–H and O–H groups in total. The first-order valence-corrected chi connectivity index (χ1v) is 8.23. The highest BCUT2D eigenvalue weighted by molar-refractivity contribution is 6.34. The Balaban J connectivity index is 2.13. The van der Waals surface area contributed by atoms with Gasteiger partial charge in [0.05, 0.1) is 28.7 Å². The predicted octanol–water partition coefficient (Wildman–Crippen LogP) is 3.29. The number of non-ortho nitro benzene ring substituents is 1. The van der Waals surface area contributed by atoms with E-state index in [2.05, 4.69) is 5.32 Å². The molecule has 0 saturated heterocycles. The van der Waals surface area contributed by atoms with E-state index in [-0.39, 0.29) is 28.2 Å². The van der Waals surface area contributed by atoms with E-state index in [1.807, 2.05) is 43.3 Å². The van der Waals surface area contributed by atoms with Crippen LogP contribution in [-0.4, -0.2) is 43.5 Å². The second-order valence-corrected chi connectivity index (χ2v) is 6.29. The van der Waals surface area contributed by atoms with Crippen molar-refractivity contribution in [2.45, 2.75) is 6.04 Å². The number of nitrogens with one attached hydrogen (secondary N) is 1. The highest BCUT2D eigenvalue weighted by Crippen LogP contribution is 2.24. The molecule has 0 saturated carbocycles. The third kappa shape index (κ3) is 4.71. The number of methoxy groups -OCH3 is 1. The number of benzene rings is 2. The molecule has 7 nitrogen and oxygen atoms in total. The van der Waals surface area contributed by atoms with E-state index in [0.29, 0.717) is 6.54 Å². The topological polar surface area (TPSA) is 84.7 Å². The zero-order valence-corrected chi connectivity index (χ0v) is 15.5. The summed E-state index contributed by atoms with van der Waals surface area (Å²) in [5, 5.41) is 13.6. The van der Waals surface area contributed by atoms with Gasteiger partial charge in [-0.3, -0.25) is 14.9 Å². The van der Waals surface area contributed by atoms with Gasteiger partial charge in [0.25, 0.3) is 11.6 Å². The van der Waals surface area contributed by atoms with Crippen LogP contribution >= 0.6 is 11.6 Å². The molecule has 2 rings (SSSR count). The number of likely N-dealkylation sites (N-methyl/N-ethyl adjacent to an activating group) is 1. The number of nitro groups is 1. The van der Waals surface area contributed by atoms with Gasteiger partial charge in [-0.25, -0.2) is 0 Å². The number of nitrogens with zero attached hydrogens (tertiary/aromatic N) is 2. The van der Waals surface area contributed by atoms with Crippen LogP contribution in [0.3, 0.4) is 0 Å². The van der Waals surface area contributed by atoms with Gasteiger partial charge in [0.15, 0.2) is 0 Å². The van der Waals surface area contributed by atoms with Crippen LogP contribution in [0, 0.1) is 10.1 Å². The Morgan fingerprint density at radius 3 is 2.62 bits per heavy atom. The number of hydrogen-bond donors (Lipinski definition) is 1. The normalized spacial score (nSPS) is 11.9. The van der Waals surface area contributed by atoms with Gasteiger partial charge in [0.1, 0.15) is 5.75 Å². The van der Waals surface area contributed by atoms with E-state index < -0.39 is 4.92 Å². The fourth-order valence-electron chi connectivity index (χ4n) is 2.53. The maximum absolute atomic E-state index is 12.4. The summed E-state index contributed by atoms with van der Waals surface area (Å²) in [4.78, 5) is 24.6. The summed E-state index contributed by atoms with van der Waals surface area (Å²) in [6.45, 7) is 0.340. The van der Waals surface area contributed by atoms with Crippen LogP contribution in [0.1, 0.15) is 22.0 Å². The highest BCUT2D eigenvalue weighted by Gasteiger charge is 2.19. The molecule has 1 amide bonds. The first kappa shape index (κ1) is 19.7. The molecular weight excluding hydrogens is 358 g/mol. The van der Waals surface area contributed by atoms with E-state index in [1.54, 1.807) is 7.11 Å². The molecule has 0 fully saturated rings. The number of amides is 1. The summed E-state index contributed by atoms with van der Waals surface area (Å²) in [7, 11) is 5.42. The van der Waals surface area contributed by atoms with E-state index in [9.17, 15) is 14.9 Å². The minimum Gasteiger partial charge on any atom is -0.497 e. The SMILES string of the molecule is COc1cccc([C@@H](CNC(=O)c2ccc([N+](=O)[O-])cc2Cl)N(C)C)c1. The van der Waals surface area contributed by atoms with Gasteiger partial charge in [0, 0.05) is 18.7 Å². The third-order valence-electron chi connectivity index (χ3n) is 3.97. The van der Waals surface area contributed by atoms with E-state index >= 15 is 0 Å². The van der Waals surface area contributed by atoms with Crippen LogP contribution in [0.25, 0.3) is 0 Å². The zero-order valence-electron chi connectivity index (χ0n) is 14.7. The van der Waals surface area contributed by atoms with E-state index in [0.717, 1.165) is 11.3 Å². The van der Waals surface area contributed by atoms with Crippen LogP contribution in [0.4, 0.5) is 5.69 Å². The van der Waals surface area contributed by atoms with E-state index in [4.69, 9.17) is 16.3 Å². The van der Waals surface area contributed by atoms with Crippen LogP contribution in [0.15, 0.2) is 42.5 Å². The van der Waals surface area contributed by atoms with Crippen molar-refractivity contribution < 1.29 is 14.5 Å². The summed E-state index contributed by atoms with van der Waals surface area (Å²) in [6.07, 6.45) is 0. The Morgan fingerprint density at radius 1 is 1.31 bits per heavy atom. The molecule has 0 spiro atoms. The van der Waals surface area contributed by atoms with Crippen molar-refractivity contribution in [3.8, 4) is 5.75 Å². The Morgan fingerprint density at radius 2 is 2.04 bits per heavy atom. The van der Waals surface area contributed by atoms with Crippen molar-refractivity contribution in [1.29, 1.82) is 0 Å². The second kappa shape index (κ2) is 8.64. The molecule has 138 valence electrons. The van der Waals surface area contributed by atoms with Gasteiger partial charge < -0.3 is 15.0 Å². The molecule has 0 heterocycles. The number of carbonyl (C=O) groups excluding carboxylic acids is 1. The van der Waals surface area contributed by atoms with E-state index in [1.165, 1.54) is 18.2 Å². The molecule has 8 heteroatoms. The summed E-state index contributed by atoms with van der Waals surface area (Å²) in [5.74, 6) is 0.346. The summed E-state index contributed by atoms with van der Waals surface area (Å²) >= 11 is 6.01. The average molecular weight is 378 g/mol. The standard InChI is InChI=1S/C18H20ClN3O4/c1-21(2)17(12-5-4-6-14(9-12)26-3)11-20-18(23)15-8-7-13(22(24)25)10-16(15)19/h4-10,17H,11H2,1-3H3,(H,20,23)/t17-/m1/s1. The Labute approximate surface area is 156 Å². The molecule has 0 aliphatic carbocycles. The maximum Gasteiger partial charge on any atom is 0.270 e. The summed E-state index contributed by atoms with van der Waals surface area (Å²) in [5.41, 5.74) is 1.03. The Kier molecular flexibility index (Phi) is 6.54. The molecule has 26 heavy (non-hydrogen) atoms. The molecule has 2 aromatic rings. The molecule has 0 aromatic heterocycles. The van der Waals surface area contributed by atoms with Crippen molar-refractivity contribution in [3.63, 3.8) is 0 Å². The lowest BCUT2D eigenvalue weighted by Crippen LogP contribution is -2.34. The van der Waals surface area contributed by atoms with Gasteiger partial charge in [0.2, 0.25) is 0 Å². The van der Waals surface area contributed by atoms with Gasteiger partial charge in [-0.2, -0.15) is 0 Å². The Hall–Kier alpha value is -2.64. The smallest absolute Gasteiger partial charge is 0.270 e. The lowest BCUT2D eigenvalue weighted by molar-refractivity contribution is -0.384. The second-order valence-electron chi connectivity index (χ2n) is 5.89. The fraction of sp³-hybridized carbons (Fsp3) is 0.278. The predicted molar refractivity (Wildman–Crippen MR) is 99.9 cm³/mol. The summed E-state index contributed by atoms with van der Waals surface area (Å²) < 4.78 is 5.25. The molecule has 0 aliphatic rings. The lowest BCUT2D eigenvalue weighted by Gasteiger charge is -2.25. The van der Waals surface area contributed by atoms with Gasteiger partial charge in [-0.05, 0) is 37.9 Å². The van der Waals surface area contributed by atoms with Crippen molar-refractivity contribution in [2.24, 2.45) is 0 Å². The van der Waals surface area contributed by atoms with Crippen LogP contribution < -0.4 is 10.1 Å². The molecule has 1 atom stereocenters. The molecule has 2 aromatic carbocycles. The zero-order chi connectivity index (χ0) is 19.3. The van der Waals surface area contributed by atoms with Crippen LogP contribution in [-0.2, 0) is 0 Å². The first-order valence-electron chi connectivity index (χ1n) is 7.86. The quantitative estimate of drug-likeness (QED) is 0.591. The monoisotopic (exact) mass is 377 g/mol. The number of rotatable bonds is 7. The van der Waals surface area contributed by atoms with Gasteiger partial charge >= 0.3 is 0 Å². The highest BCUT2D eigenvalue weighted by atomic mass is 35.5. The average Bonchev–Trinajstić information content (AvgIpc) is 2.61. The number of ether oxygens (including phenoxy) is 1. The molecular formula is C18H20ClN3O4. The lowest BCUT2D eigenvalue weighted by atomic mass is 10.1. The number of nitro benzene ring substituents is 1. The molecule has 0 unspecified atom stereocenters. The van der Waals surface area contributed by atoms with Crippen molar-refractivity contribution in [3.05, 3.63) is 68.7 Å². The minimum absolute atomic E-state index is 0.0412. The van der Waals surface area contributed by atoms with Gasteiger partial charge in [-0.15, -0.1) is 0 Å². The van der Waals surface area contributed by atoms with Crippen LogP contribution in [0.2, 0.25) is 5.02 Å². The molecule has 0 aliphatic heterocycles. The minimum atomic E-state index is -0.557. The first-order chi connectivity index (χ1) is 12.3. The third-order valence-corrected chi connectivity index (χ3v) is 4.28. The Bertz CT molecular complexity index is 811. The molecule has 0 bridgehead atoms. The number of halogens is 1. The summed E-state index contributed by atoms with van der Waals surface area (Å²) in [6, 6.07) is 11.3. The van der Waals surface area contributed by atoms with Crippen LogP contribution in [0.5, 0.6) is 5.75 Å². The largest absolute Gasteiger partial charge is 0.497 e. The van der Waals surface area contributed by atoms with Crippen molar-refractivity contribution >= 4 is 23.2 Å². The number of hydrogen-bond acceptors (Lipinski definition) is 5. The molecule has 0 radical (unpaired) electrons.